The van der Waals surface area contributed by atoms with Gasteiger partial charge >= 0.3 is 6.01 Å². The summed E-state index contributed by atoms with van der Waals surface area (Å²) in [5.41, 5.74) is 0.399. The van der Waals surface area contributed by atoms with E-state index < -0.39 is 5.92 Å². The molecule has 14 heavy (non-hydrogen) atoms. The fourth-order valence-corrected chi connectivity index (χ4v) is 1.31. The van der Waals surface area contributed by atoms with Crippen LogP contribution in [0.15, 0.2) is 6.20 Å². The van der Waals surface area contributed by atoms with Crippen LogP contribution >= 0.6 is 23.2 Å². The number of rotatable bonds is 3. The molecule has 0 aliphatic heterocycles. The van der Waals surface area contributed by atoms with Crippen LogP contribution in [0.25, 0.3) is 0 Å². The van der Waals surface area contributed by atoms with E-state index in [-0.39, 0.29) is 11.9 Å². The molecule has 0 N–H and O–H groups in total. The second-order valence-corrected chi connectivity index (χ2v) is 3.14. The number of alkyl halides is 1. The molecule has 0 fully saturated rings. The predicted molar refractivity (Wildman–Crippen MR) is 52.7 cm³/mol. The number of nitriles is 1. The van der Waals surface area contributed by atoms with Gasteiger partial charge in [-0.3, -0.25) is 0 Å². The highest BCUT2D eigenvalue weighted by molar-refractivity contribution is 6.31. The van der Waals surface area contributed by atoms with Gasteiger partial charge in [0.2, 0.25) is 0 Å². The van der Waals surface area contributed by atoms with Crippen molar-refractivity contribution in [2.24, 2.45) is 0 Å². The van der Waals surface area contributed by atoms with E-state index in [1.54, 1.807) is 0 Å². The highest BCUT2D eigenvalue weighted by Crippen LogP contribution is 2.23. The Balaban J connectivity index is 3.12. The van der Waals surface area contributed by atoms with E-state index in [1.165, 1.54) is 13.3 Å². The lowest BCUT2D eigenvalue weighted by atomic mass is 10.1. The SMILES string of the molecule is COc1ncc(Cl)c(C(C#N)CCl)n1. The molecule has 0 bridgehead atoms. The standard InChI is InChI=1S/C8H7Cl2N3O/c1-14-8-12-4-6(10)7(13-8)5(2-9)3-11/h4-5H,2H2,1H3. The van der Waals surface area contributed by atoms with Crippen molar-refractivity contribution in [3.05, 3.63) is 16.9 Å². The minimum atomic E-state index is -0.541. The Kier molecular flexibility index (Phi) is 3.93. The Morgan fingerprint density at radius 2 is 2.43 bits per heavy atom. The fourth-order valence-electron chi connectivity index (χ4n) is 0.875. The van der Waals surface area contributed by atoms with Crippen molar-refractivity contribution < 1.29 is 4.74 Å². The summed E-state index contributed by atoms with van der Waals surface area (Å²) >= 11 is 11.4. The van der Waals surface area contributed by atoms with E-state index >= 15 is 0 Å². The molecule has 1 aromatic rings. The first-order chi connectivity index (χ1) is 6.72. The summed E-state index contributed by atoms with van der Waals surface area (Å²) in [5, 5.41) is 9.09. The van der Waals surface area contributed by atoms with Crippen molar-refractivity contribution >= 4 is 23.2 Å². The van der Waals surface area contributed by atoms with Gasteiger partial charge < -0.3 is 4.74 Å². The molecule has 6 heteroatoms. The molecule has 1 aromatic heterocycles. The first-order valence-electron chi connectivity index (χ1n) is 3.75. The predicted octanol–water partition coefficient (Wildman–Crippen LogP) is 1.98. The van der Waals surface area contributed by atoms with Crippen LogP contribution in [-0.4, -0.2) is 23.0 Å². The molecule has 0 aliphatic rings. The normalized spacial score (nSPS) is 11.9. The van der Waals surface area contributed by atoms with Gasteiger partial charge in [0, 0.05) is 5.88 Å². The summed E-state index contributed by atoms with van der Waals surface area (Å²) in [4.78, 5) is 7.75. The molecule has 4 nitrogen and oxygen atoms in total. The number of methoxy groups -OCH3 is 1. The first kappa shape index (κ1) is 11.0. The molecule has 0 saturated carbocycles. The number of nitrogens with zero attached hydrogens (tertiary/aromatic N) is 3. The molecule has 0 amide bonds. The summed E-state index contributed by atoms with van der Waals surface area (Å²) < 4.78 is 4.82. The number of hydrogen-bond acceptors (Lipinski definition) is 4. The average molecular weight is 232 g/mol. The van der Waals surface area contributed by atoms with Crippen LogP contribution in [0, 0.1) is 11.3 Å². The monoisotopic (exact) mass is 231 g/mol. The van der Waals surface area contributed by atoms with Crippen LogP contribution in [0.4, 0.5) is 0 Å². The molecule has 1 heterocycles. The lowest BCUT2D eigenvalue weighted by molar-refractivity contribution is 0.378. The summed E-state index contributed by atoms with van der Waals surface area (Å²) in [5.74, 6) is -0.405. The Morgan fingerprint density at radius 1 is 1.71 bits per heavy atom. The maximum Gasteiger partial charge on any atom is 0.316 e. The Hall–Kier alpha value is -1.05. The summed E-state index contributed by atoms with van der Waals surface area (Å²) in [7, 11) is 1.44. The lowest BCUT2D eigenvalue weighted by Gasteiger charge is -2.07. The topological polar surface area (TPSA) is 58.8 Å². The molecular formula is C8H7Cl2N3O. The van der Waals surface area contributed by atoms with Gasteiger partial charge in [-0.15, -0.1) is 11.6 Å². The van der Waals surface area contributed by atoms with Gasteiger partial charge in [-0.05, 0) is 0 Å². The fraction of sp³-hybridized carbons (Fsp3) is 0.375. The highest BCUT2D eigenvalue weighted by Gasteiger charge is 2.16. The molecule has 1 atom stereocenters. The Morgan fingerprint density at radius 3 is 2.93 bits per heavy atom. The molecule has 0 spiro atoms. The number of aromatic nitrogens is 2. The van der Waals surface area contributed by atoms with E-state index in [1.807, 2.05) is 6.07 Å². The smallest absolute Gasteiger partial charge is 0.316 e. The maximum absolute atomic E-state index is 8.77. The van der Waals surface area contributed by atoms with E-state index in [9.17, 15) is 0 Å². The third kappa shape index (κ3) is 2.25. The van der Waals surface area contributed by atoms with Crippen molar-refractivity contribution in [3.8, 4) is 12.1 Å². The Labute approximate surface area is 91.4 Å². The van der Waals surface area contributed by atoms with Gasteiger partial charge in [-0.2, -0.15) is 10.2 Å². The molecule has 1 rings (SSSR count). The molecule has 1 unspecified atom stereocenters. The zero-order valence-electron chi connectivity index (χ0n) is 7.37. The zero-order chi connectivity index (χ0) is 10.6. The number of hydrogen-bond donors (Lipinski definition) is 0. The largest absolute Gasteiger partial charge is 0.467 e. The van der Waals surface area contributed by atoms with Crippen molar-refractivity contribution in [2.45, 2.75) is 5.92 Å². The van der Waals surface area contributed by atoms with Crippen LogP contribution in [-0.2, 0) is 0 Å². The lowest BCUT2D eigenvalue weighted by Crippen LogP contribution is -2.04. The average Bonchev–Trinajstić information content (AvgIpc) is 2.22. The third-order valence-electron chi connectivity index (χ3n) is 1.57. The van der Waals surface area contributed by atoms with Crippen LogP contribution in [0.1, 0.15) is 11.6 Å². The van der Waals surface area contributed by atoms with Gasteiger partial charge in [-0.25, -0.2) is 4.98 Å². The number of ether oxygens (including phenoxy) is 1. The zero-order valence-corrected chi connectivity index (χ0v) is 8.88. The van der Waals surface area contributed by atoms with Crippen LogP contribution in [0.5, 0.6) is 6.01 Å². The second kappa shape index (κ2) is 4.99. The molecular weight excluding hydrogens is 225 g/mol. The van der Waals surface area contributed by atoms with Crippen molar-refractivity contribution in [1.82, 2.24) is 9.97 Å². The summed E-state index contributed by atoms with van der Waals surface area (Å²) in [6, 6.07) is 2.17. The molecule has 74 valence electrons. The van der Waals surface area contributed by atoms with Gasteiger partial charge in [0.1, 0.15) is 5.92 Å². The Bertz CT molecular complexity index is 364. The van der Waals surface area contributed by atoms with E-state index in [0.717, 1.165) is 0 Å². The highest BCUT2D eigenvalue weighted by atomic mass is 35.5. The van der Waals surface area contributed by atoms with Crippen molar-refractivity contribution in [1.29, 1.82) is 5.26 Å². The van der Waals surface area contributed by atoms with E-state index in [4.69, 9.17) is 33.2 Å². The maximum atomic E-state index is 8.77. The van der Waals surface area contributed by atoms with Gasteiger partial charge in [0.05, 0.1) is 30.1 Å². The van der Waals surface area contributed by atoms with Crippen LogP contribution in [0.2, 0.25) is 5.02 Å². The molecule has 0 radical (unpaired) electrons. The van der Waals surface area contributed by atoms with Gasteiger partial charge in [0.15, 0.2) is 0 Å². The third-order valence-corrected chi connectivity index (χ3v) is 2.17. The molecule has 0 saturated heterocycles. The van der Waals surface area contributed by atoms with E-state index in [0.29, 0.717) is 10.7 Å². The van der Waals surface area contributed by atoms with E-state index in [2.05, 4.69) is 9.97 Å². The van der Waals surface area contributed by atoms with Crippen molar-refractivity contribution in [3.63, 3.8) is 0 Å². The van der Waals surface area contributed by atoms with Gasteiger partial charge in [0.25, 0.3) is 0 Å². The van der Waals surface area contributed by atoms with Crippen LogP contribution in [0.3, 0.4) is 0 Å². The quantitative estimate of drug-likeness (QED) is 0.747. The van der Waals surface area contributed by atoms with Gasteiger partial charge in [-0.1, -0.05) is 11.6 Å². The number of halogens is 2. The molecule has 0 aliphatic carbocycles. The minimum Gasteiger partial charge on any atom is -0.467 e. The minimum absolute atomic E-state index is 0.135. The summed E-state index contributed by atoms with van der Waals surface area (Å²) in [6.45, 7) is 0. The first-order valence-corrected chi connectivity index (χ1v) is 4.66. The summed E-state index contributed by atoms with van der Waals surface area (Å²) in [6.07, 6.45) is 1.39. The van der Waals surface area contributed by atoms with Crippen molar-refractivity contribution in [2.75, 3.05) is 13.0 Å². The second-order valence-electron chi connectivity index (χ2n) is 2.43. The molecule has 0 aromatic carbocycles. The van der Waals surface area contributed by atoms with Crippen LogP contribution < -0.4 is 4.74 Å².